The zero-order valence-electron chi connectivity index (χ0n) is 9.78. The van der Waals surface area contributed by atoms with Crippen LogP contribution in [0, 0.1) is 0 Å². The fraction of sp³-hybridized carbons (Fsp3) is 0.571. The molecule has 2 heteroatoms. The summed E-state index contributed by atoms with van der Waals surface area (Å²) < 4.78 is 0. The Morgan fingerprint density at radius 2 is 1.75 bits per heavy atom. The SMILES string of the molecule is Nc1ccc2c(c1)CC(N1CCCCC1)C2. The summed E-state index contributed by atoms with van der Waals surface area (Å²) in [6.07, 6.45) is 6.63. The molecule has 1 saturated heterocycles. The van der Waals surface area contributed by atoms with Crippen LogP contribution < -0.4 is 5.73 Å². The fourth-order valence-electron chi connectivity index (χ4n) is 3.16. The summed E-state index contributed by atoms with van der Waals surface area (Å²) in [5.41, 5.74) is 9.76. The van der Waals surface area contributed by atoms with Gasteiger partial charge < -0.3 is 5.73 Å². The topological polar surface area (TPSA) is 29.3 Å². The van der Waals surface area contributed by atoms with Gasteiger partial charge in [0.15, 0.2) is 0 Å². The molecular formula is C14H20N2. The standard InChI is InChI=1S/C14H20N2/c15-13-5-4-11-9-14(10-12(11)8-13)16-6-2-1-3-7-16/h4-5,8,14H,1-3,6-7,9-10,15H2. The van der Waals surface area contributed by atoms with Crippen molar-refractivity contribution in [3.63, 3.8) is 0 Å². The van der Waals surface area contributed by atoms with Gasteiger partial charge in [-0.15, -0.1) is 0 Å². The van der Waals surface area contributed by atoms with Gasteiger partial charge in [0.2, 0.25) is 0 Å². The molecule has 0 spiro atoms. The summed E-state index contributed by atoms with van der Waals surface area (Å²) in [6.45, 7) is 2.60. The van der Waals surface area contributed by atoms with Crippen LogP contribution in [0.4, 0.5) is 5.69 Å². The Labute approximate surface area is 97.4 Å². The van der Waals surface area contributed by atoms with Gasteiger partial charge >= 0.3 is 0 Å². The largest absolute Gasteiger partial charge is 0.399 e. The number of nitrogens with zero attached hydrogens (tertiary/aromatic N) is 1. The van der Waals surface area contributed by atoms with Crippen LogP contribution in [0.2, 0.25) is 0 Å². The molecule has 0 aromatic heterocycles. The van der Waals surface area contributed by atoms with E-state index in [2.05, 4.69) is 17.0 Å². The number of hydrogen-bond acceptors (Lipinski definition) is 2. The van der Waals surface area contributed by atoms with Crippen molar-refractivity contribution in [1.82, 2.24) is 4.90 Å². The highest BCUT2D eigenvalue weighted by molar-refractivity contribution is 5.47. The lowest BCUT2D eigenvalue weighted by molar-refractivity contribution is 0.168. The third kappa shape index (κ3) is 1.82. The number of fused-ring (bicyclic) bond motifs is 1. The first-order valence-electron chi connectivity index (χ1n) is 6.44. The molecule has 2 nitrogen and oxygen atoms in total. The lowest BCUT2D eigenvalue weighted by atomic mass is 10.1. The molecule has 1 fully saturated rings. The number of rotatable bonds is 1. The molecule has 1 heterocycles. The Kier molecular flexibility index (Phi) is 2.60. The number of benzene rings is 1. The molecule has 16 heavy (non-hydrogen) atoms. The molecule has 0 radical (unpaired) electrons. The first-order chi connectivity index (χ1) is 7.83. The summed E-state index contributed by atoms with van der Waals surface area (Å²) in [5.74, 6) is 0. The third-order valence-corrected chi connectivity index (χ3v) is 4.05. The zero-order valence-corrected chi connectivity index (χ0v) is 9.78. The van der Waals surface area contributed by atoms with Crippen LogP contribution in [0.15, 0.2) is 18.2 Å². The molecule has 1 aromatic rings. The minimum atomic E-state index is 0.747. The Morgan fingerprint density at radius 1 is 1.00 bits per heavy atom. The Bertz CT molecular complexity index is 380. The summed E-state index contributed by atoms with van der Waals surface area (Å²) in [7, 11) is 0. The van der Waals surface area contributed by atoms with Gasteiger partial charge in [-0.1, -0.05) is 12.5 Å². The van der Waals surface area contributed by atoms with Gasteiger partial charge in [-0.25, -0.2) is 0 Å². The van der Waals surface area contributed by atoms with Gasteiger partial charge in [-0.2, -0.15) is 0 Å². The van der Waals surface area contributed by atoms with E-state index in [9.17, 15) is 0 Å². The first kappa shape index (κ1) is 10.2. The van der Waals surface area contributed by atoms with Crippen LogP contribution in [-0.2, 0) is 12.8 Å². The molecule has 2 aliphatic rings. The molecule has 3 rings (SSSR count). The fourth-order valence-corrected chi connectivity index (χ4v) is 3.16. The maximum Gasteiger partial charge on any atom is 0.0316 e. The molecule has 0 bridgehead atoms. The highest BCUT2D eigenvalue weighted by Gasteiger charge is 2.27. The summed E-state index contributed by atoms with van der Waals surface area (Å²) in [6, 6.07) is 7.17. The molecule has 1 aliphatic heterocycles. The summed E-state index contributed by atoms with van der Waals surface area (Å²) in [5, 5.41) is 0. The van der Waals surface area contributed by atoms with E-state index in [-0.39, 0.29) is 0 Å². The van der Waals surface area contributed by atoms with Crippen LogP contribution in [-0.4, -0.2) is 24.0 Å². The maximum atomic E-state index is 5.84. The highest BCUT2D eigenvalue weighted by atomic mass is 15.2. The monoisotopic (exact) mass is 216 g/mol. The smallest absolute Gasteiger partial charge is 0.0316 e. The van der Waals surface area contributed by atoms with Gasteiger partial charge in [-0.05, 0) is 62.0 Å². The molecule has 0 amide bonds. The first-order valence-corrected chi connectivity index (χ1v) is 6.44. The van der Waals surface area contributed by atoms with Crippen molar-refractivity contribution in [3.05, 3.63) is 29.3 Å². The number of likely N-dealkylation sites (tertiary alicyclic amines) is 1. The van der Waals surface area contributed by atoms with E-state index in [0.29, 0.717) is 0 Å². The minimum Gasteiger partial charge on any atom is -0.399 e. The van der Waals surface area contributed by atoms with Crippen molar-refractivity contribution in [3.8, 4) is 0 Å². The second-order valence-corrected chi connectivity index (χ2v) is 5.19. The van der Waals surface area contributed by atoms with Gasteiger partial charge in [0.25, 0.3) is 0 Å². The predicted octanol–water partition coefficient (Wildman–Crippen LogP) is 2.22. The molecule has 2 N–H and O–H groups in total. The molecule has 1 atom stereocenters. The van der Waals surface area contributed by atoms with E-state index in [0.717, 1.165) is 11.7 Å². The third-order valence-electron chi connectivity index (χ3n) is 4.05. The summed E-state index contributed by atoms with van der Waals surface area (Å²) in [4.78, 5) is 2.68. The van der Waals surface area contributed by atoms with Gasteiger partial charge in [0.1, 0.15) is 0 Å². The van der Waals surface area contributed by atoms with Crippen LogP contribution in [0.3, 0.4) is 0 Å². The molecular weight excluding hydrogens is 196 g/mol. The number of anilines is 1. The van der Waals surface area contributed by atoms with Gasteiger partial charge in [0, 0.05) is 11.7 Å². The van der Waals surface area contributed by atoms with Crippen molar-refractivity contribution >= 4 is 5.69 Å². The molecule has 1 aliphatic carbocycles. The minimum absolute atomic E-state index is 0.747. The van der Waals surface area contributed by atoms with Crippen LogP contribution >= 0.6 is 0 Å². The maximum absolute atomic E-state index is 5.84. The molecule has 1 aromatic carbocycles. The highest BCUT2D eigenvalue weighted by Crippen LogP contribution is 2.28. The molecule has 1 unspecified atom stereocenters. The second-order valence-electron chi connectivity index (χ2n) is 5.19. The summed E-state index contributed by atoms with van der Waals surface area (Å²) >= 11 is 0. The lowest BCUT2D eigenvalue weighted by Gasteiger charge is -2.32. The van der Waals surface area contributed by atoms with Crippen molar-refractivity contribution in [2.75, 3.05) is 18.8 Å². The number of nitrogens with two attached hydrogens (primary N) is 1. The number of hydrogen-bond donors (Lipinski definition) is 1. The Hall–Kier alpha value is -1.02. The molecule has 86 valence electrons. The van der Waals surface area contributed by atoms with Crippen LogP contribution in [0.5, 0.6) is 0 Å². The van der Waals surface area contributed by atoms with Crippen molar-refractivity contribution in [2.45, 2.75) is 38.1 Å². The van der Waals surface area contributed by atoms with E-state index in [4.69, 9.17) is 5.73 Å². The van der Waals surface area contributed by atoms with Crippen LogP contribution in [0.1, 0.15) is 30.4 Å². The normalized spacial score (nSPS) is 25.6. The molecule has 0 saturated carbocycles. The average Bonchev–Trinajstić information content (AvgIpc) is 2.73. The zero-order chi connectivity index (χ0) is 11.0. The Morgan fingerprint density at radius 3 is 2.56 bits per heavy atom. The average molecular weight is 216 g/mol. The predicted molar refractivity (Wildman–Crippen MR) is 67.5 cm³/mol. The number of nitrogen functional groups attached to an aromatic ring is 1. The number of piperidine rings is 1. The van der Waals surface area contributed by atoms with Gasteiger partial charge in [-0.3, -0.25) is 4.90 Å². The van der Waals surface area contributed by atoms with Crippen molar-refractivity contribution in [2.24, 2.45) is 0 Å². The lowest BCUT2D eigenvalue weighted by Crippen LogP contribution is -2.39. The van der Waals surface area contributed by atoms with Gasteiger partial charge in [0.05, 0.1) is 0 Å². The van der Waals surface area contributed by atoms with Crippen molar-refractivity contribution in [1.29, 1.82) is 0 Å². The van der Waals surface area contributed by atoms with E-state index >= 15 is 0 Å². The van der Waals surface area contributed by atoms with E-state index < -0.39 is 0 Å². The van der Waals surface area contributed by atoms with Crippen LogP contribution in [0.25, 0.3) is 0 Å². The van der Waals surface area contributed by atoms with E-state index in [1.807, 2.05) is 6.07 Å². The second kappa shape index (κ2) is 4.10. The quantitative estimate of drug-likeness (QED) is 0.729. The van der Waals surface area contributed by atoms with E-state index in [1.54, 1.807) is 0 Å². The Balaban J connectivity index is 1.74. The van der Waals surface area contributed by atoms with Crippen molar-refractivity contribution < 1.29 is 0 Å². The van der Waals surface area contributed by atoms with E-state index in [1.165, 1.54) is 56.3 Å².